The van der Waals surface area contributed by atoms with E-state index in [4.69, 9.17) is 5.73 Å². The van der Waals surface area contributed by atoms with Crippen LogP contribution in [0.25, 0.3) is 0 Å². The highest BCUT2D eigenvalue weighted by molar-refractivity contribution is 4.77. The maximum atomic E-state index is 5.73. The minimum atomic E-state index is 0.668. The predicted octanol–water partition coefficient (Wildman–Crippen LogP) is 1.46. The zero-order chi connectivity index (χ0) is 8.97. The van der Waals surface area contributed by atoms with Crippen LogP contribution < -0.4 is 5.73 Å². The highest BCUT2D eigenvalue weighted by Gasteiger charge is 2.20. The van der Waals surface area contributed by atoms with Crippen molar-refractivity contribution in [1.29, 1.82) is 0 Å². The summed E-state index contributed by atoms with van der Waals surface area (Å²) in [6.45, 7) is 7.89. The van der Waals surface area contributed by atoms with Gasteiger partial charge in [-0.05, 0) is 25.3 Å². The maximum Gasteiger partial charge on any atom is 0.0218 e. The molecule has 1 saturated heterocycles. The van der Waals surface area contributed by atoms with Gasteiger partial charge < -0.3 is 5.73 Å². The van der Waals surface area contributed by atoms with E-state index in [0.29, 0.717) is 6.04 Å². The van der Waals surface area contributed by atoms with Crippen LogP contribution in [0.1, 0.15) is 33.1 Å². The van der Waals surface area contributed by atoms with E-state index in [1.54, 1.807) is 0 Å². The average molecular weight is 170 g/mol. The molecule has 0 saturated carbocycles. The smallest absolute Gasteiger partial charge is 0.0218 e. The van der Waals surface area contributed by atoms with Crippen LogP contribution >= 0.6 is 0 Å². The topological polar surface area (TPSA) is 29.3 Å². The first-order chi connectivity index (χ1) is 5.74. The fourth-order valence-electron chi connectivity index (χ4n) is 2.04. The Morgan fingerprint density at radius 3 is 2.75 bits per heavy atom. The van der Waals surface area contributed by atoms with Gasteiger partial charge in [-0.2, -0.15) is 0 Å². The molecule has 2 nitrogen and oxygen atoms in total. The van der Waals surface area contributed by atoms with E-state index in [1.165, 1.54) is 32.4 Å². The third-order valence-electron chi connectivity index (χ3n) is 2.62. The third-order valence-corrected chi connectivity index (χ3v) is 2.62. The van der Waals surface area contributed by atoms with Crippen molar-refractivity contribution in [1.82, 2.24) is 4.90 Å². The molecule has 0 bridgehead atoms. The molecule has 2 heteroatoms. The Hall–Kier alpha value is -0.0800. The van der Waals surface area contributed by atoms with E-state index in [0.717, 1.165) is 12.5 Å². The highest BCUT2D eigenvalue weighted by atomic mass is 15.2. The normalized spacial score (nSPS) is 26.5. The molecule has 2 N–H and O–H groups in total. The molecule has 72 valence electrons. The molecule has 12 heavy (non-hydrogen) atoms. The van der Waals surface area contributed by atoms with Crippen LogP contribution in [0.5, 0.6) is 0 Å². The van der Waals surface area contributed by atoms with E-state index in [2.05, 4.69) is 18.7 Å². The van der Waals surface area contributed by atoms with Crippen LogP contribution in [0.15, 0.2) is 0 Å². The van der Waals surface area contributed by atoms with Gasteiger partial charge in [-0.3, -0.25) is 4.90 Å². The summed E-state index contributed by atoms with van der Waals surface area (Å²) in [6.07, 6.45) is 4.04. The second-order valence-electron chi connectivity index (χ2n) is 4.27. The molecule has 0 aromatic heterocycles. The van der Waals surface area contributed by atoms with Gasteiger partial charge in [0.25, 0.3) is 0 Å². The molecule has 0 aliphatic carbocycles. The molecule has 0 amide bonds. The number of hydrogen-bond acceptors (Lipinski definition) is 2. The number of nitrogens with zero attached hydrogens (tertiary/aromatic N) is 1. The summed E-state index contributed by atoms with van der Waals surface area (Å²) in [4.78, 5) is 2.56. The highest BCUT2D eigenvalue weighted by Crippen LogP contribution is 2.17. The second-order valence-corrected chi connectivity index (χ2v) is 4.27. The first-order valence-corrected chi connectivity index (χ1v) is 5.18. The fourth-order valence-corrected chi connectivity index (χ4v) is 2.04. The van der Waals surface area contributed by atoms with Crippen LogP contribution in [0, 0.1) is 5.92 Å². The van der Waals surface area contributed by atoms with Crippen molar-refractivity contribution in [2.24, 2.45) is 11.7 Å². The number of likely N-dealkylation sites (tertiary alicyclic amines) is 1. The summed E-state index contributed by atoms with van der Waals surface area (Å²) >= 11 is 0. The number of hydrogen-bond donors (Lipinski definition) is 1. The Morgan fingerprint density at radius 2 is 2.17 bits per heavy atom. The van der Waals surface area contributed by atoms with Crippen molar-refractivity contribution in [3.05, 3.63) is 0 Å². The van der Waals surface area contributed by atoms with Gasteiger partial charge in [0, 0.05) is 19.1 Å². The monoisotopic (exact) mass is 170 g/mol. The first kappa shape index (κ1) is 10.0. The number of piperidine rings is 1. The standard InChI is InChI=1S/C10H22N2/c1-9(2)8-12-6-4-3-5-10(12)7-11/h9-10H,3-8,11H2,1-2H3/t10-/m0/s1. The Morgan fingerprint density at radius 1 is 1.42 bits per heavy atom. The molecular weight excluding hydrogens is 148 g/mol. The molecule has 1 heterocycles. The van der Waals surface area contributed by atoms with Crippen molar-refractivity contribution in [2.75, 3.05) is 19.6 Å². The maximum absolute atomic E-state index is 5.73. The van der Waals surface area contributed by atoms with Gasteiger partial charge in [-0.1, -0.05) is 20.3 Å². The van der Waals surface area contributed by atoms with E-state index in [1.807, 2.05) is 0 Å². The van der Waals surface area contributed by atoms with Gasteiger partial charge in [-0.15, -0.1) is 0 Å². The number of nitrogens with two attached hydrogens (primary N) is 1. The molecule has 1 rings (SSSR count). The first-order valence-electron chi connectivity index (χ1n) is 5.18. The van der Waals surface area contributed by atoms with Gasteiger partial charge in [0.1, 0.15) is 0 Å². The van der Waals surface area contributed by atoms with Gasteiger partial charge in [0.05, 0.1) is 0 Å². The van der Waals surface area contributed by atoms with Gasteiger partial charge in [0.15, 0.2) is 0 Å². The minimum Gasteiger partial charge on any atom is -0.329 e. The van der Waals surface area contributed by atoms with Crippen molar-refractivity contribution in [2.45, 2.75) is 39.2 Å². The second kappa shape index (κ2) is 4.83. The summed E-state index contributed by atoms with van der Waals surface area (Å²) in [5.74, 6) is 0.775. The molecule has 1 atom stereocenters. The molecular formula is C10H22N2. The Balaban J connectivity index is 2.36. The van der Waals surface area contributed by atoms with Crippen LogP contribution in [-0.2, 0) is 0 Å². The summed E-state index contributed by atoms with van der Waals surface area (Å²) in [6, 6.07) is 0.668. The lowest BCUT2D eigenvalue weighted by molar-refractivity contribution is 0.136. The largest absolute Gasteiger partial charge is 0.329 e. The quantitative estimate of drug-likeness (QED) is 0.694. The Labute approximate surface area is 76.1 Å². The molecule has 0 unspecified atom stereocenters. The molecule has 0 radical (unpaired) electrons. The lowest BCUT2D eigenvalue weighted by Gasteiger charge is -2.36. The van der Waals surface area contributed by atoms with Crippen molar-refractivity contribution < 1.29 is 0 Å². The summed E-state index contributed by atoms with van der Waals surface area (Å²) in [5, 5.41) is 0. The summed E-state index contributed by atoms with van der Waals surface area (Å²) in [5.41, 5.74) is 5.73. The van der Waals surface area contributed by atoms with Gasteiger partial charge >= 0.3 is 0 Å². The van der Waals surface area contributed by atoms with Gasteiger partial charge in [-0.25, -0.2) is 0 Å². The Bertz CT molecular complexity index is 123. The van der Waals surface area contributed by atoms with Crippen LogP contribution in [0.2, 0.25) is 0 Å². The lowest BCUT2D eigenvalue weighted by Crippen LogP contribution is -2.45. The molecule has 0 spiro atoms. The molecule has 0 aromatic carbocycles. The minimum absolute atomic E-state index is 0.668. The van der Waals surface area contributed by atoms with E-state index in [9.17, 15) is 0 Å². The van der Waals surface area contributed by atoms with Crippen LogP contribution in [0.3, 0.4) is 0 Å². The average Bonchev–Trinajstić information content (AvgIpc) is 2.04. The van der Waals surface area contributed by atoms with Gasteiger partial charge in [0.2, 0.25) is 0 Å². The Kier molecular flexibility index (Phi) is 4.02. The fraction of sp³-hybridized carbons (Fsp3) is 1.00. The van der Waals surface area contributed by atoms with E-state index < -0.39 is 0 Å². The molecule has 1 aliphatic heterocycles. The third kappa shape index (κ3) is 2.76. The molecule has 0 aromatic rings. The zero-order valence-corrected chi connectivity index (χ0v) is 8.42. The van der Waals surface area contributed by atoms with Crippen molar-refractivity contribution in [3.8, 4) is 0 Å². The molecule has 1 fully saturated rings. The van der Waals surface area contributed by atoms with Crippen LogP contribution in [-0.4, -0.2) is 30.6 Å². The summed E-state index contributed by atoms with van der Waals surface area (Å²) in [7, 11) is 0. The SMILES string of the molecule is CC(C)CN1CCCC[C@H]1CN. The lowest BCUT2D eigenvalue weighted by atomic mass is 10.0. The summed E-state index contributed by atoms with van der Waals surface area (Å²) < 4.78 is 0. The van der Waals surface area contributed by atoms with E-state index in [-0.39, 0.29) is 0 Å². The predicted molar refractivity (Wildman–Crippen MR) is 53.1 cm³/mol. The number of rotatable bonds is 3. The van der Waals surface area contributed by atoms with Crippen molar-refractivity contribution >= 4 is 0 Å². The van der Waals surface area contributed by atoms with E-state index >= 15 is 0 Å². The zero-order valence-electron chi connectivity index (χ0n) is 8.42. The van der Waals surface area contributed by atoms with Crippen LogP contribution in [0.4, 0.5) is 0 Å². The van der Waals surface area contributed by atoms with Crippen molar-refractivity contribution in [3.63, 3.8) is 0 Å². The molecule has 1 aliphatic rings.